The van der Waals surface area contributed by atoms with E-state index in [9.17, 15) is 19.2 Å². The van der Waals surface area contributed by atoms with Gasteiger partial charge in [0.05, 0.1) is 22.9 Å². The highest BCUT2D eigenvalue weighted by molar-refractivity contribution is 7.98. The van der Waals surface area contributed by atoms with E-state index < -0.39 is 11.4 Å². The quantitative estimate of drug-likeness (QED) is 0.145. The SMILES string of the molecule is CC(C)(C)SNC(CCC1CC1)(c1cccc(C#N)c1)c1ccc(F)c(NC=O)c1.CN(C(=O)N1CCCC1)c1ccc(Cl)cc1.CO. The first-order valence-corrected chi connectivity index (χ1v) is 17.3. The van der Waals surface area contributed by atoms with E-state index in [2.05, 4.69) is 36.9 Å². The normalized spacial score (nSPS) is 15.1. The zero-order valence-electron chi connectivity index (χ0n) is 28.4. The van der Waals surface area contributed by atoms with Gasteiger partial charge in [0.1, 0.15) is 5.82 Å². The topological polar surface area (TPSA) is 109 Å². The molecule has 0 radical (unpaired) electrons. The minimum atomic E-state index is -0.625. The molecule has 1 aliphatic heterocycles. The number of nitriles is 1. The fraction of sp³-hybridized carbons (Fsp3) is 0.432. The Kier molecular flexibility index (Phi) is 14.7. The van der Waals surface area contributed by atoms with E-state index >= 15 is 0 Å². The third kappa shape index (κ3) is 11.0. The fourth-order valence-electron chi connectivity index (χ4n) is 5.41. The fourth-order valence-corrected chi connectivity index (χ4v) is 6.35. The highest BCUT2D eigenvalue weighted by Crippen LogP contribution is 2.44. The van der Waals surface area contributed by atoms with Crippen molar-refractivity contribution in [3.05, 3.63) is 94.3 Å². The summed E-state index contributed by atoms with van der Waals surface area (Å²) in [6.45, 7) is 8.14. The second kappa shape index (κ2) is 18.2. The highest BCUT2D eigenvalue weighted by Gasteiger charge is 2.38. The lowest BCUT2D eigenvalue weighted by Crippen LogP contribution is -2.42. The first-order chi connectivity index (χ1) is 23.0. The second-order valence-electron chi connectivity index (χ2n) is 12.9. The van der Waals surface area contributed by atoms with Crippen molar-refractivity contribution in [1.82, 2.24) is 9.62 Å². The predicted octanol–water partition coefficient (Wildman–Crippen LogP) is 8.34. The third-order valence-corrected chi connectivity index (χ3v) is 9.51. The van der Waals surface area contributed by atoms with Crippen molar-refractivity contribution >= 4 is 47.4 Å². The van der Waals surface area contributed by atoms with Gasteiger partial charge in [0.15, 0.2) is 0 Å². The van der Waals surface area contributed by atoms with Crippen molar-refractivity contribution in [3.63, 3.8) is 0 Å². The van der Waals surface area contributed by atoms with Crippen LogP contribution in [-0.4, -0.2) is 54.4 Å². The van der Waals surface area contributed by atoms with Gasteiger partial charge in [-0.05, 0) is 112 Å². The van der Waals surface area contributed by atoms with E-state index in [4.69, 9.17) is 16.7 Å². The highest BCUT2D eigenvalue weighted by atomic mass is 35.5. The Balaban J connectivity index is 0.000000291. The van der Waals surface area contributed by atoms with Gasteiger partial charge < -0.3 is 15.3 Å². The number of hydrogen-bond acceptors (Lipinski definition) is 6. The lowest BCUT2D eigenvalue weighted by molar-refractivity contribution is -0.105. The maximum absolute atomic E-state index is 14.3. The number of benzene rings is 3. The first-order valence-electron chi connectivity index (χ1n) is 16.1. The van der Waals surface area contributed by atoms with Gasteiger partial charge in [-0.25, -0.2) is 13.9 Å². The molecule has 0 spiro atoms. The lowest BCUT2D eigenvalue weighted by Gasteiger charge is -2.38. The number of aliphatic hydroxyl groups is 1. The van der Waals surface area contributed by atoms with E-state index in [0.717, 1.165) is 62.7 Å². The Morgan fingerprint density at radius 2 is 1.73 bits per heavy atom. The van der Waals surface area contributed by atoms with Crippen LogP contribution in [-0.2, 0) is 10.3 Å². The number of amides is 3. The molecule has 3 aromatic carbocycles. The van der Waals surface area contributed by atoms with Crippen LogP contribution in [0.2, 0.25) is 5.02 Å². The molecule has 5 rings (SSSR count). The number of nitrogens with zero attached hydrogens (tertiary/aromatic N) is 3. The number of carbonyl (C=O) groups is 2. The number of carbonyl (C=O) groups excluding carboxylic acids is 2. The average Bonchev–Trinajstić information content (AvgIpc) is 3.76. The molecular weight excluding hydrogens is 649 g/mol. The van der Waals surface area contributed by atoms with Gasteiger partial charge in [0, 0.05) is 42.7 Å². The molecule has 8 nitrogen and oxygen atoms in total. The van der Waals surface area contributed by atoms with Gasteiger partial charge in [-0.3, -0.25) is 9.69 Å². The second-order valence-corrected chi connectivity index (χ2v) is 14.9. The van der Waals surface area contributed by atoms with E-state index in [0.29, 0.717) is 22.9 Å². The van der Waals surface area contributed by atoms with Gasteiger partial charge in [0.2, 0.25) is 6.41 Å². The van der Waals surface area contributed by atoms with Crippen LogP contribution in [0.25, 0.3) is 0 Å². The van der Waals surface area contributed by atoms with Crippen molar-refractivity contribution in [2.75, 3.05) is 37.5 Å². The summed E-state index contributed by atoms with van der Waals surface area (Å²) in [5.74, 6) is 0.231. The van der Waals surface area contributed by atoms with Crippen molar-refractivity contribution in [2.24, 2.45) is 5.92 Å². The first kappa shape index (κ1) is 38.8. The smallest absolute Gasteiger partial charge is 0.324 e. The van der Waals surface area contributed by atoms with Gasteiger partial charge in [-0.1, -0.05) is 54.6 Å². The molecule has 2 fully saturated rings. The van der Waals surface area contributed by atoms with Crippen LogP contribution >= 0.6 is 23.5 Å². The summed E-state index contributed by atoms with van der Waals surface area (Å²) in [6, 6.07) is 22.1. The van der Waals surface area contributed by atoms with E-state index in [1.807, 2.05) is 35.2 Å². The van der Waals surface area contributed by atoms with E-state index in [1.165, 1.54) is 18.9 Å². The van der Waals surface area contributed by atoms with Gasteiger partial charge in [-0.2, -0.15) is 5.26 Å². The number of aliphatic hydroxyl groups excluding tert-OH is 1. The molecule has 0 aromatic heterocycles. The number of likely N-dealkylation sites (tertiary alicyclic amines) is 1. The molecule has 1 saturated carbocycles. The molecular formula is C37H47ClFN5O3S. The Morgan fingerprint density at radius 3 is 2.31 bits per heavy atom. The van der Waals surface area contributed by atoms with Gasteiger partial charge >= 0.3 is 6.03 Å². The average molecular weight is 696 g/mol. The van der Waals surface area contributed by atoms with Crippen LogP contribution in [0, 0.1) is 23.1 Å². The van der Waals surface area contributed by atoms with Crippen molar-refractivity contribution in [3.8, 4) is 6.07 Å². The molecule has 1 aliphatic carbocycles. The standard InChI is InChI=1S/C24H28FN3OS.C12H15ClN2O.CH4O/c1-23(2,3)30-28-24(12-11-17-7-8-17,19-6-4-5-18(13-19)15-26)20-9-10-21(25)22(14-20)27-16-29;1-14(11-6-4-10(13)5-7-11)12(16)15-8-2-3-9-15;1-2/h4-6,9-10,13-14,16-17,28H,7-8,11-12H2,1-3H3,(H,27,29);4-7H,2-3,8-9H2,1H3;2H,1H3. The zero-order valence-corrected chi connectivity index (χ0v) is 30.0. The molecule has 3 N–H and O–H groups in total. The number of urea groups is 1. The van der Waals surface area contributed by atoms with Crippen LogP contribution in [0.15, 0.2) is 66.7 Å². The minimum absolute atomic E-state index is 0.0540. The van der Waals surface area contributed by atoms with Gasteiger partial charge in [-0.15, -0.1) is 0 Å². The van der Waals surface area contributed by atoms with Crippen molar-refractivity contribution < 1.29 is 19.1 Å². The molecule has 1 unspecified atom stereocenters. The molecule has 3 amide bonds. The lowest BCUT2D eigenvalue weighted by atomic mass is 9.79. The Bertz CT molecular complexity index is 1540. The molecule has 1 atom stereocenters. The van der Waals surface area contributed by atoms with Crippen LogP contribution in [0.5, 0.6) is 0 Å². The third-order valence-electron chi connectivity index (χ3n) is 8.19. The van der Waals surface area contributed by atoms with Gasteiger partial charge in [0.25, 0.3) is 0 Å². The molecule has 258 valence electrons. The number of halogens is 2. The van der Waals surface area contributed by atoms with Crippen LogP contribution in [0.1, 0.15) is 76.0 Å². The van der Waals surface area contributed by atoms with Crippen LogP contribution in [0.4, 0.5) is 20.6 Å². The number of nitrogens with one attached hydrogen (secondary N) is 2. The van der Waals surface area contributed by atoms with Crippen LogP contribution in [0.3, 0.4) is 0 Å². The molecule has 1 saturated heterocycles. The Morgan fingerprint density at radius 1 is 1.08 bits per heavy atom. The largest absolute Gasteiger partial charge is 0.400 e. The monoisotopic (exact) mass is 695 g/mol. The maximum atomic E-state index is 14.3. The van der Waals surface area contributed by atoms with E-state index in [-0.39, 0.29) is 16.5 Å². The van der Waals surface area contributed by atoms with Crippen molar-refractivity contribution in [2.45, 2.75) is 69.6 Å². The molecule has 3 aromatic rings. The summed E-state index contributed by atoms with van der Waals surface area (Å²) >= 11 is 7.43. The molecule has 0 bridgehead atoms. The van der Waals surface area contributed by atoms with E-state index in [1.54, 1.807) is 54.2 Å². The number of anilines is 2. The number of rotatable bonds is 10. The molecule has 1 heterocycles. The minimum Gasteiger partial charge on any atom is -0.400 e. The number of hydrogen-bond donors (Lipinski definition) is 3. The molecule has 11 heteroatoms. The summed E-state index contributed by atoms with van der Waals surface area (Å²) < 4.78 is 17.9. The summed E-state index contributed by atoms with van der Waals surface area (Å²) in [6.07, 6.45) is 7.02. The zero-order chi connectivity index (χ0) is 35.3. The summed E-state index contributed by atoms with van der Waals surface area (Å²) in [5, 5.41) is 19.6. The molecule has 48 heavy (non-hydrogen) atoms. The predicted molar refractivity (Wildman–Crippen MR) is 195 cm³/mol. The Labute approximate surface area is 293 Å². The summed E-state index contributed by atoms with van der Waals surface area (Å²) in [7, 11) is 2.80. The summed E-state index contributed by atoms with van der Waals surface area (Å²) in [4.78, 5) is 26.6. The molecule has 2 aliphatic rings. The Hall–Kier alpha value is -3.62. The summed E-state index contributed by atoms with van der Waals surface area (Å²) in [5.41, 5.74) is 2.81. The van der Waals surface area contributed by atoms with Crippen LogP contribution < -0.4 is 14.9 Å². The maximum Gasteiger partial charge on any atom is 0.324 e. The van der Waals surface area contributed by atoms with Crippen molar-refractivity contribution in [1.29, 1.82) is 5.26 Å².